The van der Waals surface area contributed by atoms with Gasteiger partial charge in [0.05, 0.1) is 13.0 Å². The van der Waals surface area contributed by atoms with E-state index >= 15 is 0 Å². The first-order chi connectivity index (χ1) is 12.9. The van der Waals surface area contributed by atoms with E-state index in [-0.39, 0.29) is 30.2 Å². The van der Waals surface area contributed by atoms with E-state index in [1.165, 1.54) is 7.11 Å². The number of carbonyl (C=O) groups is 3. The van der Waals surface area contributed by atoms with Gasteiger partial charge < -0.3 is 18.8 Å². The fourth-order valence-electron chi connectivity index (χ4n) is 3.20. The number of nitrogens with zero attached hydrogens (tertiary/aromatic N) is 1. The van der Waals surface area contributed by atoms with Crippen LogP contribution in [0.4, 0.5) is 0 Å². The SMILES string of the molecule is COC(=O)C1CCN(C(=O)COC(=O)c2oc3ccc(Br)cc3c2C)CC1. The molecule has 3 rings (SSSR count). The Balaban J connectivity index is 1.57. The normalized spacial score (nSPS) is 15.0. The monoisotopic (exact) mass is 437 g/mol. The van der Waals surface area contributed by atoms with Crippen LogP contribution in [0.3, 0.4) is 0 Å². The number of hydrogen-bond donors (Lipinski definition) is 0. The average molecular weight is 438 g/mol. The Labute approximate surface area is 164 Å². The first-order valence-corrected chi connectivity index (χ1v) is 9.41. The van der Waals surface area contributed by atoms with Gasteiger partial charge in [-0.3, -0.25) is 9.59 Å². The van der Waals surface area contributed by atoms with Crippen LogP contribution in [0.5, 0.6) is 0 Å². The molecule has 0 saturated carbocycles. The number of piperidine rings is 1. The Bertz CT molecular complexity index is 882. The standard InChI is InChI=1S/C19H20BrNO6/c1-11-14-9-13(20)3-4-15(14)27-17(11)19(24)26-10-16(22)21-7-5-12(6-8-21)18(23)25-2/h3-4,9,12H,5-8,10H2,1-2H3. The van der Waals surface area contributed by atoms with Gasteiger partial charge >= 0.3 is 11.9 Å². The zero-order chi connectivity index (χ0) is 19.6. The van der Waals surface area contributed by atoms with Gasteiger partial charge in [0.1, 0.15) is 5.58 Å². The maximum Gasteiger partial charge on any atom is 0.375 e. The second-order valence-corrected chi connectivity index (χ2v) is 7.37. The molecule has 1 fully saturated rings. The molecular weight excluding hydrogens is 418 g/mol. The van der Waals surface area contributed by atoms with Gasteiger partial charge in [0.25, 0.3) is 5.91 Å². The molecule has 0 bridgehead atoms. The van der Waals surface area contributed by atoms with Crippen LogP contribution in [-0.4, -0.2) is 49.6 Å². The summed E-state index contributed by atoms with van der Waals surface area (Å²) in [5, 5.41) is 0.813. The molecule has 2 heterocycles. The number of carbonyl (C=O) groups excluding carboxylic acids is 3. The molecule has 1 aliphatic heterocycles. The molecule has 1 amide bonds. The molecule has 1 saturated heterocycles. The van der Waals surface area contributed by atoms with E-state index < -0.39 is 5.97 Å². The van der Waals surface area contributed by atoms with Gasteiger partial charge in [0.15, 0.2) is 6.61 Å². The molecule has 1 aromatic heterocycles. The number of benzene rings is 1. The predicted molar refractivity (Wildman–Crippen MR) is 100 cm³/mol. The molecular formula is C19H20BrNO6. The average Bonchev–Trinajstić information content (AvgIpc) is 3.01. The summed E-state index contributed by atoms with van der Waals surface area (Å²) in [4.78, 5) is 37.7. The fraction of sp³-hybridized carbons (Fsp3) is 0.421. The summed E-state index contributed by atoms with van der Waals surface area (Å²) >= 11 is 3.39. The molecule has 0 atom stereocenters. The van der Waals surface area contributed by atoms with E-state index in [9.17, 15) is 14.4 Å². The van der Waals surface area contributed by atoms with Crippen molar-refractivity contribution in [1.29, 1.82) is 0 Å². The highest BCUT2D eigenvalue weighted by atomic mass is 79.9. The first kappa shape index (κ1) is 19.4. The molecule has 8 heteroatoms. The first-order valence-electron chi connectivity index (χ1n) is 8.62. The lowest BCUT2D eigenvalue weighted by molar-refractivity contribution is -0.149. The number of halogens is 1. The van der Waals surface area contributed by atoms with Gasteiger partial charge in [-0.25, -0.2) is 4.79 Å². The van der Waals surface area contributed by atoms with Gasteiger partial charge in [0, 0.05) is 28.5 Å². The molecule has 0 unspecified atom stereocenters. The number of aryl methyl sites for hydroxylation is 1. The van der Waals surface area contributed by atoms with Crippen LogP contribution in [0.25, 0.3) is 11.0 Å². The third-order valence-corrected chi connectivity index (χ3v) is 5.29. The lowest BCUT2D eigenvalue weighted by atomic mass is 9.97. The maximum atomic E-state index is 12.3. The second-order valence-electron chi connectivity index (χ2n) is 6.45. The predicted octanol–water partition coefficient (Wildman–Crippen LogP) is 3.07. The lowest BCUT2D eigenvalue weighted by Gasteiger charge is -2.30. The minimum Gasteiger partial charge on any atom is -0.469 e. The molecule has 0 spiro atoms. The van der Waals surface area contributed by atoms with Crippen molar-refractivity contribution < 1.29 is 28.3 Å². The van der Waals surface area contributed by atoms with Gasteiger partial charge in [0.2, 0.25) is 5.76 Å². The van der Waals surface area contributed by atoms with Crippen molar-refractivity contribution in [1.82, 2.24) is 4.90 Å². The van der Waals surface area contributed by atoms with E-state index in [2.05, 4.69) is 15.9 Å². The molecule has 1 aromatic carbocycles. The summed E-state index contributed by atoms with van der Waals surface area (Å²) in [5.41, 5.74) is 1.25. The summed E-state index contributed by atoms with van der Waals surface area (Å²) in [6.45, 7) is 2.29. The van der Waals surface area contributed by atoms with E-state index in [4.69, 9.17) is 13.9 Å². The Hall–Kier alpha value is -2.35. The van der Waals surface area contributed by atoms with Crippen LogP contribution in [0.2, 0.25) is 0 Å². The highest BCUT2D eigenvalue weighted by Crippen LogP contribution is 2.28. The van der Waals surface area contributed by atoms with Crippen LogP contribution in [0, 0.1) is 12.8 Å². The summed E-state index contributed by atoms with van der Waals surface area (Å²) in [6, 6.07) is 5.45. The zero-order valence-electron chi connectivity index (χ0n) is 15.1. The topological polar surface area (TPSA) is 86.0 Å². The molecule has 7 nitrogen and oxygen atoms in total. The highest BCUT2D eigenvalue weighted by molar-refractivity contribution is 9.10. The molecule has 27 heavy (non-hydrogen) atoms. The molecule has 1 aliphatic rings. The van der Waals surface area contributed by atoms with Crippen molar-refractivity contribution in [2.24, 2.45) is 5.92 Å². The van der Waals surface area contributed by atoms with Crippen LogP contribution >= 0.6 is 15.9 Å². The number of fused-ring (bicyclic) bond motifs is 1. The number of methoxy groups -OCH3 is 1. The van der Waals surface area contributed by atoms with Crippen molar-refractivity contribution in [3.8, 4) is 0 Å². The number of esters is 2. The van der Waals surface area contributed by atoms with Gasteiger partial charge in [-0.2, -0.15) is 0 Å². The quantitative estimate of drug-likeness (QED) is 0.683. The number of rotatable bonds is 4. The number of ether oxygens (including phenoxy) is 2. The van der Waals surface area contributed by atoms with Gasteiger partial charge in [-0.05, 0) is 38.0 Å². The van der Waals surface area contributed by atoms with Gasteiger partial charge in [-0.15, -0.1) is 0 Å². The van der Waals surface area contributed by atoms with Crippen LogP contribution < -0.4 is 0 Å². The molecule has 144 valence electrons. The minimum absolute atomic E-state index is 0.0975. The summed E-state index contributed by atoms with van der Waals surface area (Å²) < 4.78 is 16.3. The van der Waals surface area contributed by atoms with Gasteiger partial charge in [-0.1, -0.05) is 15.9 Å². The highest BCUT2D eigenvalue weighted by Gasteiger charge is 2.28. The third kappa shape index (κ3) is 4.16. The van der Waals surface area contributed by atoms with Crippen LogP contribution in [0.15, 0.2) is 27.1 Å². The number of hydrogen-bond acceptors (Lipinski definition) is 6. The maximum absolute atomic E-state index is 12.3. The molecule has 0 radical (unpaired) electrons. The Kier molecular flexibility index (Phi) is 5.84. The Morgan fingerprint density at radius 3 is 2.63 bits per heavy atom. The lowest BCUT2D eigenvalue weighted by Crippen LogP contribution is -2.42. The van der Waals surface area contributed by atoms with Crippen LogP contribution in [0.1, 0.15) is 29.0 Å². The summed E-state index contributed by atoms with van der Waals surface area (Å²) in [6.07, 6.45) is 1.09. The van der Waals surface area contributed by atoms with Crippen molar-refractivity contribution in [3.05, 3.63) is 34.0 Å². The zero-order valence-corrected chi connectivity index (χ0v) is 16.7. The number of amides is 1. The van der Waals surface area contributed by atoms with Crippen molar-refractivity contribution in [3.63, 3.8) is 0 Å². The van der Waals surface area contributed by atoms with Crippen molar-refractivity contribution in [2.45, 2.75) is 19.8 Å². The smallest absolute Gasteiger partial charge is 0.375 e. The largest absolute Gasteiger partial charge is 0.469 e. The fourth-order valence-corrected chi connectivity index (χ4v) is 3.56. The number of furan rings is 1. The molecule has 2 aromatic rings. The summed E-state index contributed by atoms with van der Waals surface area (Å²) in [7, 11) is 1.36. The Morgan fingerprint density at radius 1 is 1.26 bits per heavy atom. The van der Waals surface area contributed by atoms with Crippen molar-refractivity contribution >= 4 is 44.7 Å². The van der Waals surface area contributed by atoms with E-state index in [1.54, 1.807) is 17.9 Å². The van der Waals surface area contributed by atoms with E-state index in [0.717, 1.165) is 9.86 Å². The second kappa shape index (κ2) is 8.12. The number of likely N-dealkylation sites (tertiary alicyclic amines) is 1. The van der Waals surface area contributed by atoms with E-state index in [0.29, 0.717) is 37.1 Å². The Morgan fingerprint density at radius 2 is 1.96 bits per heavy atom. The molecule has 0 N–H and O–H groups in total. The van der Waals surface area contributed by atoms with E-state index in [1.807, 2.05) is 12.1 Å². The van der Waals surface area contributed by atoms with Crippen LogP contribution in [-0.2, 0) is 19.1 Å². The minimum atomic E-state index is -0.669. The van der Waals surface area contributed by atoms with Crippen molar-refractivity contribution in [2.75, 3.05) is 26.8 Å². The third-order valence-electron chi connectivity index (χ3n) is 4.79. The molecule has 0 aliphatic carbocycles. The summed E-state index contributed by atoms with van der Waals surface area (Å²) in [5.74, 6) is -1.29.